The molecule has 1 fully saturated rings. The van der Waals surface area contributed by atoms with E-state index in [-0.39, 0.29) is 0 Å². The molecule has 0 saturated carbocycles. The van der Waals surface area contributed by atoms with E-state index in [0.717, 1.165) is 38.2 Å². The van der Waals surface area contributed by atoms with Crippen LogP contribution in [0.1, 0.15) is 30.1 Å². The lowest BCUT2D eigenvalue weighted by Crippen LogP contribution is -2.33. The van der Waals surface area contributed by atoms with Gasteiger partial charge in [0.15, 0.2) is 0 Å². The third kappa shape index (κ3) is 3.88. The zero-order valence-corrected chi connectivity index (χ0v) is 14.8. The molecule has 7 heteroatoms. The number of ether oxygens (including phenoxy) is 1. The number of pyridine rings is 1. The smallest absolute Gasteiger partial charge is 0.238 e. The van der Waals surface area contributed by atoms with E-state index >= 15 is 0 Å². The van der Waals surface area contributed by atoms with Crippen LogP contribution in [0.4, 0.5) is 0 Å². The molecule has 1 aliphatic heterocycles. The normalized spacial score (nSPS) is 15.9. The Labute approximate surface area is 152 Å². The number of imidazole rings is 1. The molecule has 0 bridgehead atoms. The Morgan fingerprint density at radius 3 is 2.69 bits per heavy atom. The van der Waals surface area contributed by atoms with Crippen LogP contribution in [0.5, 0.6) is 11.6 Å². The van der Waals surface area contributed by atoms with E-state index in [1.807, 2.05) is 37.9 Å². The molecule has 1 saturated heterocycles. The maximum Gasteiger partial charge on any atom is 0.238 e. The predicted molar refractivity (Wildman–Crippen MR) is 96.8 cm³/mol. The molecule has 0 spiro atoms. The van der Waals surface area contributed by atoms with Crippen LogP contribution in [0, 0.1) is 0 Å². The Morgan fingerprint density at radius 1 is 1.08 bits per heavy atom. The third-order valence-electron chi connectivity index (χ3n) is 4.80. The van der Waals surface area contributed by atoms with Crippen LogP contribution in [0.3, 0.4) is 0 Å². The van der Waals surface area contributed by atoms with Gasteiger partial charge in [0.1, 0.15) is 5.75 Å². The summed E-state index contributed by atoms with van der Waals surface area (Å²) in [5.74, 6) is 1.61. The molecule has 3 aromatic heterocycles. The van der Waals surface area contributed by atoms with Gasteiger partial charge in [-0.3, -0.25) is 14.9 Å². The van der Waals surface area contributed by atoms with Gasteiger partial charge < -0.3 is 9.30 Å². The van der Waals surface area contributed by atoms with Crippen molar-refractivity contribution in [3.63, 3.8) is 0 Å². The second-order valence-electron chi connectivity index (χ2n) is 6.62. The Kier molecular flexibility index (Phi) is 4.88. The zero-order chi connectivity index (χ0) is 17.8. The number of hydrogen-bond donors (Lipinski definition) is 0. The number of aromatic nitrogens is 5. The SMILES string of the molecule is Cn1cncc1CN1CCC(c2cncc(Oc3cccnc3)n2)CC1. The summed E-state index contributed by atoms with van der Waals surface area (Å²) in [6, 6.07) is 3.70. The van der Waals surface area contributed by atoms with Gasteiger partial charge in [0.25, 0.3) is 0 Å². The standard InChI is InChI=1S/C19H22N6O/c1-24-14-22-9-16(24)13-25-7-4-15(5-8-25)18-11-21-12-19(23-18)26-17-3-2-6-20-10-17/h2-3,6,9-12,14-15H,4-5,7-8,13H2,1H3. The van der Waals surface area contributed by atoms with E-state index in [1.165, 1.54) is 5.69 Å². The largest absolute Gasteiger partial charge is 0.436 e. The lowest BCUT2D eigenvalue weighted by atomic mass is 9.94. The van der Waals surface area contributed by atoms with Crippen LogP contribution in [0.2, 0.25) is 0 Å². The molecule has 134 valence electrons. The molecule has 3 aromatic rings. The second-order valence-corrected chi connectivity index (χ2v) is 6.62. The minimum atomic E-state index is 0.419. The summed E-state index contributed by atoms with van der Waals surface area (Å²) in [7, 11) is 2.04. The first-order chi connectivity index (χ1) is 12.8. The third-order valence-corrected chi connectivity index (χ3v) is 4.80. The van der Waals surface area contributed by atoms with Crippen LogP contribution in [0.15, 0.2) is 49.4 Å². The van der Waals surface area contributed by atoms with Gasteiger partial charge in [0.05, 0.1) is 30.1 Å². The first kappa shape index (κ1) is 16.7. The summed E-state index contributed by atoms with van der Waals surface area (Å²) < 4.78 is 7.84. The van der Waals surface area contributed by atoms with Crippen molar-refractivity contribution in [2.75, 3.05) is 13.1 Å². The lowest BCUT2D eigenvalue weighted by Gasteiger charge is -2.31. The highest BCUT2D eigenvalue weighted by Gasteiger charge is 2.23. The Hall–Kier alpha value is -2.80. The molecule has 0 unspecified atom stereocenters. The molecular formula is C19H22N6O. The molecule has 0 N–H and O–H groups in total. The Morgan fingerprint density at radius 2 is 1.96 bits per heavy atom. The maximum atomic E-state index is 5.76. The van der Waals surface area contributed by atoms with Crippen LogP contribution in [-0.2, 0) is 13.6 Å². The number of nitrogens with zero attached hydrogens (tertiary/aromatic N) is 6. The van der Waals surface area contributed by atoms with Gasteiger partial charge in [-0.15, -0.1) is 0 Å². The summed E-state index contributed by atoms with van der Waals surface area (Å²) in [5, 5.41) is 0. The van der Waals surface area contributed by atoms with Gasteiger partial charge in [-0.05, 0) is 38.1 Å². The van der Waals surface area contributed by atoms with E-state index in [2.05, 4.69) is 29.4 Å². The van der Waals surface area contributed by atoms with Crippen molar-refractivity contribution in [3.8, 4) is 11.6 Å². The monoisotopic (exact) mass is 350 g/mol. The van der Waals surface area contributed by atoms with Crippen molar-refractivity contribution >= 4 is 0 Å². The fourth-order valence-corrected chi connectivity index (χ4v) is 3.29. The molecule has 0 atom stereocenters. The van der Waals surface area contributed by atoms with Crippen molar-refractivity contribution in [2.45, 2.75) is 25.3 Å². The number of likely N-dealkylation sites (tertiary alicyclic amines) is 1. The first-order valence-corrected chi connectivity index (χ1v) is 8.85. The number of hydrogen-bond acceptors (Lipinski definition) is 6. The van der Waals surface area contributed by atoms with Gasteiger partial charge in [0, 0.05) is 38.1 Å². The first-order valence-electron chi connectivity index (χ1n) is 8.85. The number of rotatable bonds is 5. The van der Waals surface area contributed by atoms with Crippen LogP contribution >= 0.6 is 0 Å². The fourth-order valence-electron chi connectivity index (χ4n) is 3.29. The minimum Gasteiger partial charge on any atom is -0.436 e. The lowest BCUT2D eigenvalue weighted by molar-refractivity contribution is 0.199. The van der Waals surface area contributed by atoms with Crippen molar-refractivity contribution < 1.29 is 4.74 Å². The molecule has 0 amide bonds. The fraction of sp³-hybridized carbons (Fsp3) is 0.368. The van der Waals surface area contributed by atoms with E-state index in [4.69, 9.17) is 4.74 Å². The summed E-state index contributed by atoms with van der Waals surface area (Å²) in [6.07, 6.45) is 12.8. The highest BCUT2D eigenvalue weighted by molar-refractivity contribution is 5.23. The molecule has 26 heavy (non-hydrogen) atoms. The predicted octanol–water partition coefficient (Wildman–Crippen LogP) is 2.78. The van der Waals surface area contributed by atoms with Crippen LogP contribution < -0.4 is 4.74 Å². The van der Waals surface area contributed by atoms with Crippen molar-refractivity contribution in [3.05, 3.63) is 60.8 Å². The molecule has 0 aliphatic carbocycles. The van der Waals surface area contributed by atoms with E-state index < -0.39 is 0 Å². The average molecular weight is 350 g/mol. The minimum absolute atomic E-state index is 0.419. The van der Waals surface area contributed by atoms with Crippen LogP contribution in [0.25, 0.3) is 0 Å². The summed E-state index contributed by atoms with van der Waals surface area (Å²) in [6.45, 7) is 3.04. The number of aryl methyl sites for hydroxylation is 1. The van der Waals surface area contributed by atoms with Crippen molar-refractivity contribution in [1.29, 1.82) is 0 Å². The summed E-state index contributed by atoms with van der Waals surface area (Å²) >= 11 is 0. The topological polar surface area (TPSA) is 69.0 Å². The summed E-state index contributed by atoms with van der Waals surface area (Å²) in [5.41, 5.74) is 2.25. The average Bonchev–Trinajstić information content (AvgIpc) is 3.08. The molecule has 4 heterocycles. The highest BCUT2D eigenvalue weighted by Crippen LogP contribution is 2.28. The van der Waals surface area contributed by atoms with Crippen molar-refractivity contribution in [1.82, 2.24) is 29.4 Å². The molecular weight excluding hydrogens is 328 g/mol. The van der Waals surface area contributed by atoms with E-state index in [1.54, 1.807) is 18.6 Å². The van der Waals surface area contributed by atoms with Crippen LogP contribution in [-0.4, -0.2) is 42.5 Å². The maximum absolute atomic E-state index is 5.76. The van der Waals surface area contributed by atoms with Gasteiger partial charge in [0.2, 0.25) is 5.88 Å². The highest BCUT2D eigenvalue weighted by atomic mass is 16.5. The van der Waals surface area contributed by atoms with Gasteiger partial charge >= 0.3 is 0 Å². The Balaban J connectivity index is 1.37. The van der Waals surface area contributed by atoms with Gasteiger partial charge in [-0.2, -0.15) is 0 Å². The number of piperidine rings is 1. The molecule has 0 radical (unpaired) electrons. The van der Waals surface area contributed by atoms with Gasteiger partial charge in [-0.25, -0.2) is 9.97 Å². The van der Waals surface area contributed by atoms with E-state index in [9.17, 15) is 0 Å². The molecule has 7 nitrogen and oxygen atoms in total. The summed E-state index contributed by atoms with van der Waals surface area (Å²) in [4.78, 5) is 19.7. The van der Waals surface area contributed by atoms with Crippen molar-refractivity contribution in [2.24, 2.45) is 7.05 Å². The second kappa shape index (κ2) is 7.61. The molecule has 4 rings (SSSR count). The quantitative estimate of drug-likeness (QED) is 0.705. The Bertz CT molecular complexity index is 842. The molecule has 1 aliphatic rings. The molecule has 0 aromatic carbocycles. The van der Waals surface area contributed by atoms with E-state index in [0.29, 0.717) is 17.5 Å². The van der Waals surface area contributed by atoms with Gasteiger partial charge in [-0.1, -0.05) is 0 Å². The zero-order valence-electron chi connectivity index (χ0n) is 14.8.